The van der Waals surface area contributed by atoms with Crippen LogP contribution in [0.5, 0.6) is 0 Å². The molecule has 2 aromatic heterocycles. The van der Waals surface area contributed by atoms with Crippen molar-refractivity contribution in [2.75, 3.05) is 19.7 Å². The molecule has 1 amide bonds. The molecule has 0 unspecified atom stereocenters. The Hall–Kier alpha value is -2.29. The van der Waals surface area contributed by atoms with Gasteiger partial charge in [0.15, 0.2) is 10.9 Å². The number of rotatable bonds is 4. The highest BCUT2D eigenvalue weighted by Crippen LogP contribution is 2.35. The fraction of sp³-hybridized carbons (Fsp3) is 0.304. The summed E-state index contributed by atoms with van der Waals surface area (Å²) in [5.74, 6) is 0.295. The number of hydrogen-bond donors (Lipinski definition) is 1. The second-order valence-electron chi connectivity index (χ2n) is 7.98. The average Bonchev–Trinajstić information content (AvgIpc) is 3.38. The van der Waals surface area contributed by atoms with Gasteiger partial charge in [0, 0.05) is 29.2 Å². The molecular formula is C23H21Cl3N4O3. The number of hydrogen-bond acceptors (Lipinski definition) is 5. The standard InChI is InChI=1S/C23H21Cl3N4O3/c24-15-4-6-19(18(25)11-15)30-22-14(10-16-5-7-20(26)33-16)12-32-13-17(22)21(27-30)23(31)28-29-8-2-1-3-9-29/h4-7,10-11H,1-3,8-9,12-13H2,(H,28,31). The Morgan fingerprint density at radius 1 is 1.06 bits per heavy atom. The topological polar surface area (TPSA) is 72.5 Å². The normalized spacial score (nSPS) is 17.8. The summed E-state index contributed by atoms with van der Waals surface area (Å²) in [6.07, 6.45) is 5.10. The number of benzene rings is 1. The minimum Gasteiger partial charge on any atom is -0.445 e. The predicted molar refractivity (Wildman–Crippen MR) is 128 cm³/mol. The van der Waals surface area contributed by atoms with Gasteiger partial charge in [-0.15, -0.1) is 0 Å². The van der Waals surface area contributed by atoms with Crippen LogP contribution in [-0.2, 0) is 11.3 Å². The average molecular weight is 508 g/mol. The van der Waals surface area contributed by atoms with E-state index in [4.69, 9.17) is 44.0 Å². The van der Waals surface area contributed by atoms with E-state index in [1.807, 2.05) is 11.1 Å². The zero-order valence-corrected chi connectivity index (χ0v) is 19.9. The first kappa shape index (κ1) is 22.5. The molecule has 33 heavy (non-hydrogen) atoms. The van der Waals surface area contributed by atoms with E-state index in [9.17, 15) is 4.79 Å². The quantitative estimate of drug-likeness (QED) is 0.496. The predicted octanol–water partition coefficient (Wildman–Crippen LogP) is 5.63. The van der Waals surface area contributed by atoms with E-state index in [-0.39, 0.29) is 17.7 Å². The van der Waals surface area contributed by atoms with Crippen molar-refractivity contribution in [2.24, 2.45) is 0 Å². The van der Waals surface area contributed by atoms with Crippen molar-refractivity contribution in [3.63, 3.8) is 0 Å². The lowest BCUT2D eigenvalue weighted by Gasteiger charge is -2.26. The maximum absolute atomic E-state index is 13.2. The van der Waals surface area contributed by atoms with E-state index in [1.54, 1.807) is 35.0 Å². The molecule has 7 nitrogen and oxygen atoms in total. The van der Waals surface area contributed by atoms with Crippen molar-refractivity contribution >= 4 is 52.4 Å². The molecule has 1 N–H and O–H groups in total. The summed E-state index contributed by atoms with van der Waals surface area (Å²) in [5.41, 5.74) is 6.12. The van der Waals surface area contributed by atoms with Crippen LogP contribution in [0.2, 0.25) is 15.3 Å². The lowest BCUT2D eigenvalue weighted by atomic mass is 10.0. The number of carbonyl (C=O) groups excluding carboxylic acids is 1. The van der Waals surface area contributed by atoms with E-state index in [2.05, 4.69) is 10.5 Å². The SMILES string of the molecule is O=C(NN1CCCCC1)c1nn(-c2ccc(Cl)cc2Cl)c2c1COCC2=Cc1ccc(Cl)o1. The number of fused-ring (bicyclic) bond motifs is 1. The summed E-state index contributed by atoms with van der Waals surface area (Å²) in [4.78, 5) is 13.2. The van der Waals surface area contributed by atoms with Gasteiger partial charge in [0.1, 0.15) is 5.76 Å². The Bertz CT molecular complexity index is 1230. The van der Waals surface area contributed by atoms with Gasteiger partial charge in [-0.3, -0.25) is 10.2 Å². The van der Waals surface area contributed by atoms with Crippen molar-refractivity contribution in [1.82, 2.24) is 20.2 Å². The third-order valence-corrected chi connectivity index (χ3v) is 6.41. The Morgan fingerprint density at radius 3 is 2.61 bits per heavy atom. The minimum absolute atomic E-state index is 0.250. The minimum atomic E-state index is -0.275. The first-order valence-electron chi connectivity index (χ1n) is 10.7. The fourth-order valence-electron chi connectivity index (χ4n) is 4.15. The van der Waals surface area contributed by atoms with Crippen LogP contribution in [0.3, 0.4) is 0 Å². The molecule has 10 heteroatoms. The molecular weight excluding hydrogens is 487 g/mol. The maximum Gasteiger partial charge on any atom is 0.286 e. The lowest BCUT2D eigenvalue weighted by Crippen LogP contribution is -2.45. The van der Waals surface area contributed by atoms with E-state index >= 15 is 0 Å². The van der Waals surface area contributed by atoms with Gasteiger partial charge in [-0.05, 0) is 60.9 Å². The largest absolute Gasteiger partial charge is 0.445 e. The number of ether oxygens (including phenoxy) is 1. The van der Waals surface area contributed by atoms with E-state index < -0.39 is 0 Å². The van der Waals surface area contributed by atoms with Gasteiger partial charge in [0.2, 0.25) is 0 Å². The van der Waals surface area contributed by atoms with Crippen LogP contribution in [0.25, 0.3) is 17.3 Å². The van der Waals surface area contributed by atoms with Gasteiger partial charge >= 0.3 is 0 Å². The number of furan rings is 1. The van der Waals surface area contributed by atoms with Crippen molar-refractivity contribution < 1.29 is 13.9 Å². The highest BCUT2D eigenvalue weighted by Gasteiger charge is 2.30. The number of hydrazine groups is 1. The lowest BCUT2D eigenvalue weighted by molar-refractivity contribution is 0.0738. The summed E-state index contributed by atoms with van der Waals surface area (Å²) in [6.45, 7) is 2.20. The van der Waals surface area contributed by atoms with Gasteiger partial charge < -0.3 is 9.15 Å². The Morgan fingerprint density at radius 2 is 1.88 bits per heavy atom. The number of nitrogens with one attached hydrogen (secondary N) is 1. The molecule has 0 saturated carbocycles. The van der Waals surface area contributed by atoms with Gasteiger partial charge in [0.05, 0.1) is 29.6 Å². The van der Waals surface area contributed by atoms with Crippen molar-refractivity contribution in [2.45, 2.75) is 25.9 Å². The third kappa shape index (κ3) is 4.69. The second-order valence-corrected chi connectivity index (χ2v) is 9.19. The van der Waals surface area contributed by atoms with Gasteiger partial charge in [-0.2, -0.15) is 5.10 Å². The number of piperidine rings is 1. The molecule has 3 aromatic rings. The molecule has 1 saturated heterocycles. The number of carbonyl (C=O) groups is 1. The molecule has 2 aliphatic rings. The van der Waals surface area contributed by atoms with E-state index in [1.165, 1.54) is 6.42 Å². The summed E-state index contributed by atoms with van der Waals surface area (Å²) < 4.78 is 13.0. The molecule has 0 bridgehead atoms. The summed E-state index contributed by atoms with van der Waals surface area (Å²) >= 11 is 18.6. The van der Waals surface area contributed by atoms with Crippen LogP contribution in [0.4, 0.5) is 0 Å². The molecule has 0 aliphatic carbocycles. The molecule has 1 aromatic carbocycles. The zero-order chi connectivity index (χ0) is 22.9. The molecule has 0 radical (unpaired) electrons. The van der Waals surface area contributed by atoms with Crippen LogP contribution >= 0.6 is 34.8 Å². The molecule has 172 valence electrons. The molecule has 4 heterocycles. The van der Waals surface area contributed by atoms with Crippen LogP contribution in [0, 0.1) is 0 Å². The van der Waals surface area contributed by atoms with Gasteiger partial charge in [-0.1, -0.05) is 29.6 Å². The Balaban J connectivity index is 1.61. The first-order valence-corrected chi connectivity index (χ1v) is 11.8. The van der Waals surface area contributed by atoms with E-state index in [0.717, 1.165) is 37.2 Å². The van der Waals surface area contributed by atoms with Gasteiger partial charge in [0.25, 0.3) is 5.91 Å². The van der Waals surface area contributed by atoms with Crippen LogP contribution < -0.4 is 5.43 Å². The van der Waals surface area contributed by atoms with Crippen molar-refractivity contribution in [1.29, 1.82) is 0 Å². The Labute approximate surface area is 205 Å². The van der Waals surface area contributed by atoms with E-state index in [0.29, 0.717) is 39.4 Å². The Kier molecular flexibility index (Phi) is 6.49. The number of aromatic nitrogens is 2. The molecule has 1 fully saturated rings. The van der Waals surface area contributed by atoms with Crippen LogP contribution in [-0.4, -0.2) is 40.4 Å². The van der Waals surface area contributed by atoms with Crippen molar-refractivity contribution in [3.8, 4) is 5.69 Å². The highest BCUT2D eigenvalue weighted by molar-refractivity contribution is 6.35. The smallest absolute Gasteiger partial charge is 0.286 e. The summed E-state index contributed by atoms with van der Waals surface area (Å²) in [5, 5.41) is 7.85. The number of halogens is 3. The second kappa shape index (κ2) is 9.52. The summed E-state index contributed by atoms with van der Waals surface area (Å²) in [6, 6.07) is 8.60. The number of nitrogens with zero attached hydrogens (tertiary/aromatic N) is 3. The fourth-order valence-corrected chi connectivity index (χ4v) is 4.79. The van der Waals surface area contributed by atoms with Crippen molar-refractivity contribution in [3.05, 3.63) is 68.3 Å². The van der Waals surface area contributed by atoms with Crippen LogP contribution in [0.1, 0.15) is 46.8 Å². The number of amides is 1. The molecule has 5 rings (SSSR count). The molecule has 0 atom stereocenters. The summed E-state index contributed by atoms with van der Waals surface area (Å²) in [7, 11) is 0. The molecule has 0 spiro atoms. The monoisotopic (exact) mass is 506 g/mol. The molecule has 2 aliphatic heterocycles. The first-order chi connectivity index (χ1) is 16.0. The van der Waals surface area contributed by atoms with Crippen LogP contribution in [0.15, 0.2) is 34.7 Å². The maximum atomic E-state index is 13.2. The highest BCUT2D eigenvalue weighted by atomic mass is 35.5. The third-order valence-electron chi connectivity index (χ3n) is 5.67. The van der Waals surface area contributed by atoms with Gasteiger partial charge in [-0.25, -0.2) is 9.69 Å². The zero-order valence-electron chi connectivity index (χ0n) is 17.6.